The standard InChI is InChI=1S/C8H16N2/c1-3-4-7(2)8-9-5-6-10-8/h3-4,7-10H,5-6H2,1-2H3/b4-3-. The quantitative estimate of drug-likeness (QED) is 0.552. The number of rotatable bonds is 2. The number of allylic oxidation sites excluding steroid dienone is 1. The molecule has 1 fully saturated rings. The lowest BCUT2D eigenvalue weighted by Crippen LogP contribution is -2.36. The Labute approximate surface area is 62.7 Å². The first-order chi connectivity index (χ1) is 4.84. The lowest BCUT2D eigenvalue weighted by Gasteiger charge is -2.15. The molecule has 1 heterocycles. The average molecular weight is 140 g/mol. The normalized spacial score (nSPS) is 24.2. The summed E-state index contributed by atoms with van der Waals surface area (Å²) in [7, 11) is 0. The van der Waals surface area contributed by atoms with Crippen molar-refractivity contribution in [3.63, 3.8) is 0 Å². The zero-order chi connectivity index (χ0) is 7.40. The molecule has 58 valence electrons. The average Bonchev–Trinajstić information content (AvgIpc) is 2.38. The predicted molar refractivity (Wildman–Crippen MR) is 43.8 cm³/mol. The molecule has 0 spiro atoms. The van der Waals surface area contributed by atoms with Crippen LogP contribution in [-0.2, 0) is 0 Å². The molecule has 0 saturated carbocycles. The third-order valence-corrected chi connectivity index (χ3v) is 1.88. The Kier molecular flexibility index (Phi) is 2.90. The van der Waals surface area contributed by atoms with Gasteiger partial charge in [0.05, 0.1) is 6.17 Å². The number of nitrogens with one attached hydrogen (secondary N) is 2. The van der Waals surface area contributed by atoms with Crippen LogP contribution < -0.4 is 10.6 Å². The van der Waals surface area contributed by atoms with Gasteiger partial charge in [-0.1, -0.05) is 19.1 Å². The van der Waals surface area contributed by atoms with Crippen LogP contribution in [0.4, 0.5) is 0 Å². The van der Waals surface area contributed by atoms with Gasteiger partial charge in [-0.25, -0.2) is 0 Å². The Hall–Kier alpha value is -0.340. The van der Waals surface area contributed by atoms with Crippen molar-refractivity contribution in [1.82, 2.24) is 10.6 Å². The van der Waals surface area contributed by atoms with Gasteiger partial charge in [0.15, 0.2) is 0 Å². The van der Waals surface area contributed by atoms with Gasteiger partial charge in [-0.3, -0.25) is 0 Å². The van der Waals surface area contributed by atoms with Crippen molar-refractivity contribution in [2.24, 2.45) is 5.92 Å². The van der Waals surface area contributed by atoms with Gasteiger partial charge in [0.2, 0.25) is 0 Å². The van der Waals surface area contributed by atoms with Gasteiger partial charge in [0, 0.05) is 19.0 Å². The molecule has 0 radical (unpaired) electrons. The van der Waals surface area contributed by atoms with Crippen LogP contribution in [0.2, 0.25) is 0 Å². The lowest BCUT2D eigenvalue weighted by atomic mass is 10.1. The number of hydrogen-bond donors (Lipinski definition) is 2. The molecule has 1 aliphatic heterocycles. The van der Waals surface area contributed by atoms with Gasteiger partial charge in [0.1, 0.15) is 0 Å². The molecule has 0 aromatic heterocycles. The van der Waals surface area contributed by atoms with E-state index in [9.17, 15) is 0 Å². The summed E-state index contributed by atoms with van der Waals surface area (Å²) in [4.78, 5) is 0. The van der Waals surface area contributed by atoms with E-state index in [0.29, 0.717) is 12.1 Å². The molecule has 0 aromatic rings. The van der Waals surface area contributed by atoms with Crippen LogP contribution >= 0.6 is 0 Å². The first-order valence-electron chi connectivity index (χ1n) is 3.94. The Morgan fingerprint density at radius 1 is 1.40 bits per heavy atom. The zero-order valence-electron chi connectivity index (χ0n) is 6.72. The van der Waals surface area contributed by atoms with Crippen LogP contribution in [0.3, 0.4) is 0 Å². The summed E-state index contributed by atoms with van der Waals surface area (Å²) >= 11 is 0. The number of hydrogen-bond acceptors (Lipinski definition) is 2. The van der Waals surface area contributed by atoms with E-state index in [1.807, 2.05) is 0 Å². The summed E-state index contributed by atoms with van der Waals surface area (Å²) in [5.41, 5.74) is 0. The molecule has 10 heavy (non-hydrogen) atoms. The molecule has 0 bridgehead atoms. The third kappa shape index (κ3) is 1.82. The van der Waals surface area contributed by atoms with Crippen molar-refractivity contribution in [3.05, 3.63) is 12.2 Å². The summed E-state index contributed by atoms with van der Waals surface area (Å²) in [6.07, 6.45) is 4.82. The molecule has 0 aromatic carbocycles. The van der Waals surface area contributed by atoms with Crippen LogP contribution in [0.5, 0.6) is 0 Å². The Morgan fingerprint density at radius 2 is 2.00 bits per heavy atom. The predicted octanol–water partition coefficient (Wildman–Crippen LogP) is 0.717. The van der Waals surface area contributed by atoms with E-state index < -0.39 is 0 Å². The molecule has 1 saturated heterocycles. The van der Waals surface area contributed by atoms with E-state index in [1.54, 1.807) is 0 Å². The second-order valence-corrected chi connectivity index (χ2v) is 2.77. The lowest BCUT2D eigenvalue weighted by molar-refractivity contribution is 0.451. The highest BCUT2D eigenvalue weighted by atomic mass is 15.2. The van der Waals surface area contributed by atoms with Crippen LogP contribution in [0.15, 0.2) is 12.2 Å². The first kappa shape index (κ1) is 7.76. The second-order valence-electron chi connectivity index (χ2n) is 2.77. The summed E-state index contributed by atoms with van der Waals surface area (Å²) in [5.74, 6) is 0.604. The molecule has 1 atom stereocenters. The maximum absolute atomic E-state index is 3.38. The van der Waals surface area contributed by atoms with Gasteiger partial charge in [-0.2, -0.15) is 0 Å². The molecule has 2 N–H and O–H groups in total. The highest BCUT2D eigenvalue weighted by Crippen LogP contribution is 2.04. The zero-order valence-corrected chi connectivity index (χ0v) is 6.72. The Morgan fingerprint density at radius 3 is 2.50 bits per heavy atom. The van der Waals surface area contributed by atoms with Crippen molar-refractivity contribution in [1.29, 1.82) is 0 Å². The fraction of sp³-hybridized carbons (Fsp3) is 0.750. The van der Waals surface area contributed by atoms with E-state index in [-0.39, 0.29) is 0 Å². The Bertz CT molecular complexity index is 114. The van der Waals surface area contributed by atoms with Crippen molar-refractivity contribution < 1.29 is 0 Å². The SMILES string of the molecule is C/C=C\C(C)C1NCCN1. The highest BCUT2D eigenvalue weighted by molar-refractivity contribution is 4.91. The minimum atomic E-state index is 0.496. The van der Waals surface area contributed by atoms with Crippen LogP contribution in [0.1, 0.15) is 13.8 Å². The van der Waals surface area contributed by atoms with Gasteiger partial charge < -0.3 is 10.6 Å². The molecule has 0 aliphatic carbocycles. The second kappa shape index (κ2) is 3.74. The minimum Gasteiger partial charge on any atom is -0.300 e. The summed E-state index contributed by atoms with van der Waals surface area (Å²) < 4.78 is 0. The van der Waals surface area contributed by atoms with Crippen LogP contribution in [0, 0.1) is 5.92 Å². The largest absolute Gasteiger partial charge is 0.300 e. The topological polar surface area (TPSA) is 24.1 Å². The van der Waals surface area contributed by atoms with E-state index in [1.165, 1.54) is 0 Å². The highest BCUT2D eigenvalue weighted by Gasteiger charge is 2.16. The van der Waals surface area contributed by atoms with Crippen LogP contribution in [0.25, 0.3) is 0 Å². The van der Waals surface area contributed by atoms with Gasteiger partial charge in [-0.05, 0) is 6.92 Å². The molecule has 1 aliphatic rings. The monoisotopic (exact) mass is 140 g/mol. The van der Waals surface area contributed by atoms with Gasteiger partial charge >= 0.3 is 0 Å². The maximum atomic E-state index is 3.38. The molecule has 0 amide bonds. The van der Waals surface area contributed by atoms with Crippen molar-refractivity contribution >= 4 is 0 Å². The Balaban J connectivity index is 2.32. The van der Waals surface area contributed by atoms with Crippen LogP contribution in [-0.4, -0.2) is 19.3 Å². The van der Waals surface area contributed by atoms with E-state index in [4.69, 9.17) is 0 Å². The summed E-state index contributed by atoms with van der Waals surface area (Å²) in [6.45, 7) is 6.49. The van der Waals surface area contributed by atoms with Crippen molar-refractivity contribution in [2.75, 3.05) is 13.1 Å². The van der Waals surface area contributed by atoms with Gasteiger partial charge in [-0.15, -0.1) is 0 Å². The van der Waals surface area contributed by atoms with Gasteiger partial charge in [0.25, 0.3) is 0 Å². The summed E-state index contributed by atoms with van der Waals surface area (Å²) in [6, 6.07) is 0. The van der Waals surface area contributed by atoms with E-state index in [0.717, 1.165) is 13.1 Å². The summed E-state index contributed by atoms with van der Waals surface area (Å²) in [5, 5.41) is 6.76. The molecular weight excluding hydrogens is 124 g/mol. The maximum Gasteiger partial charge on any atom is 0.0634 e. The van der Waals surface area contributed by atoms with E-state index >= 15 is 0 Å². The fourth-order valence-electron chi connectivity index (χ4n) is 1.31. The third-order valence-electron chi connectivity index (χ3n) is 1.88. The fourth-order valence-corrected chi connectivity index (χ4v) is 1.31. The first-order valence-corrected chi connectivity index (χ1v) is 3.94. The molecule has 1 unspecified atom stereocenters. The molecule has 2 nitrogen and oxygen atoms in total. The smallest absolute Gasteiger partial charge is 0.0634 e. The molecular formula is C8H16N2. The molecule has 1 rings (SSSR count). The molecule has 2 heteroatoms. The van der Waals surface area contributed by atoms with Crippen molar-refractivity contribution in [3.8, 4) is 0 Å². The van der Waals surface area contributed by atoms with Crippen molar-refractivity contribution in [2.45, 2.75) is 20.0 Å². The van der Waals surface area contributed by atoms with E-state index in [2.05, 4.69) is 36.6 Å². The minimum absolute atomic E-state index is 0.496.